The summed E-state index contributed by atoms with van der Waals surface area (Å²) in [5.41, 5.74) is 4.13. The third-order valence-corrected chi connectivity index (χ3v) is 5.45. The molecule has 0 radical (unpaired) electrons. The Bertz CT molecular complexity index is 450. The maximum atomic E-state index is 10.4. The first kappa shape index (κ1) is 22.1. The Labute approximate surface area is 157 Å². The van der Waals surface area contributed by atoms with E-state index in [9.17, 15) is 5.11 Å². The Kier molecular flexibility index (Phi) is 12.5. The predicted octanol–water partition coefficient (Wildman–Crippen LogP) is 7.76. The van der Waals surface area contributed by atoms with Crippen LogP contribution in [-0.4, -0.2) is 5.11 Å². The maximum Gasteiger partial charge on any atom is 0.119 e. The average Bonchev–Trinajstić information content (AvgIpc) is 2.63. The van der Waals surface area contributed by atoms with E-state index in [-0.39, 0.29) is 0 Å². The van der Waals surface area contributed by atoms with Crippen LogP contribution in [0.25, 0.3) is 0 Å². The van der Waals surface area contributed by atoms with Crippen LogP contribution in [0, 0.1) is 0 Å². The normalized spacial score (nSPS) is 11.2. The summed E-state index contributed by atoms with van der Waals surface area (Å²) in [6.45, 7) is 6.75. The lowest BCUT2D eigenvalue weighted by Gasteiger charge is -2.16. The smallest absolute Gasteiger partial charge is 0.119 e. The minimum atomic E-state index is 0.527. The second kappa shape index (κ2) is 14.2. The topological polar surface area (TPSA) is 20.2 Å². The van der Waals surface area contributed by atoms with Gasteiger partial charge in [-0.05, 0) is 54.9 Å². The Morgan fingerprint density at radius 2 is 1.12 bits per heavy atom. The molecule has 1 rings (SSSR count). The molecule has 0 fully saturated rings. The molecular weight excluding hydrogens is 304 g/mol. The molecule has 0 spiro atoms. The SMILES string of the molecule is CCCCCCCCCCCCc1c(O)ccc(CC)c1CCCC. The minimum absolute atomic E-state index is 0.527. The highest BCUT2D eigenvalue weighted by molar-refractivity contribution is 5.44. The van der Waals surface area contributed by atoms with Crippen LogP contribution in [-0.2, 0) is 19.3 Å². The van der Waals surface area contributed by atoms with Crippen molar-refractivity contribution in [1.29, 1.82) is 0 Å². The van der Waals surface area contributed by atoms with Crippen molar-refractivity contribution in [3.63, 3.8) is 0 Å². The monoisotopic (exact) mass is 346 g/mol. The lowest BCUT2D eigenvalue weighted by atomic mass is 9.91. The standard InChI is InChI=1S/C24H42O/c1-4-7-9-10-11-12-13-14-15-16-18-23-22(17-8-5-2)21(6-3)19-20-24(23)25/h19-20,25H,4-18H2,1-3H3. The van der Waals surface area contributed by atoms with E-state index in [1.165, 1.54) is 93.7 Å². The zero-order valence-electron chi connectivity index (χ0n) is 17.2. The Morgan fingerprint density at radius 1 is 0.600 bits per heavy atom. The van der Waals surface area contributed by atoms with E-state index in [0.717, 1.165) is 19.3 Å². The Balaban J connectivity index is 2.34. The van der Waals surface area contributed by atoms with E-state index in [2.05, 4.69) is 26.8 Å². The van der Waals surface area contributed by atoms with Crippen molar-refractivity contribution in [2.45, 2.75) is 117 Å². The Morgan fingerprint density at radius 3 is 1.68 bits per heavy atom. The number of hydrogen-bond donors (Lipinski definition) is 1. The molecule has 0 atom stereocenters. The summed E-state index contributed by atoms with van der Waals surface area (Å²) >= 11 is 0. The van der Waals surface area contributed by atoms with Gasteiger partial charge in [0, 0.05) is 0 Å². The molecular formula is C24H42O. The van der Waals surface area contributed by atoms with Crippen molar-refractivity contribution in [3.05, 3.63) is 28.8 Å². The largest absolute Gasteiger partial charge is 0.508 e. The van der Waals surface area contributed by atoms with E-state index in [0.29, 0.717) is 5.75 Å². The first-order chi connectivity index (χ1) is 12.2. The number of rotatable bonds is 15. The van der Waals surface area contributed by atoms with Crippen LogP contribution in [0.15, 0.2) is 12.1 Å². The van der Waals surface area contributed by atoms with Crippen LogP contribution in [0.5, 0.6) is 5.75 Å². The molecule has 1 aromatic rings. The fourth-order valence-electron chi connectivity index (χ4n) is 3.79. The molecule has 0 saturated heterocycles. The molecule has 0 aromatic heterocycles. The highest BCUT2D eigenvalue weighted by Crippen LogP contribution is 2.28. The summed E-state index contributed by atoms with van der Waals surface area (Å²) in [6, 6.07) is 4.04. The van der Waals surface area contributed by atoms with Crippen molar-refractivity contribution < 1.29 is 5.11 Å². The third-order valence-electron chi connectivity index (χ3n) is 5.45. The summed E-state index contributed by atoms with van der Waals surface area (Å²) in [7, 11) is 0. The lowest BCUT2D eigenvalue weighted by Crippen LogP contribution is -2.01. The van der Waals surface area contributed by atoms with Gasteiger partial charge in [-0.2, -0.15) is 0 Å². The molecule has 0 saturated carbocycles. The van der Waals surface area contributed by atoms with Crippen molar-refractivity contribution in [2.24, 2.45) is 0 Å². The van der Waals surface area contributed by atoms with Gasteiger partial charge in [-0.1, -0.05) is 91.0 Å². The molecule has 0 aliphatic rings. The van der Waals surface area contributed by atoms with Crippen LogP contribution in [0.2, 0.25) is 0 Å². The number of benzene rings is 1. The van der Waals surface area contributed by atoms with Crippen LogP contribution < -0.4 is 0 Å². The second-order valence-corrected chi connectivity index (χ2v) is 7.59. The molecule has 1 nitrogen and oxygen atoms in total. The van der Waals surface area contributed by atoms with Crippen molar-refractivity contribution in [3.8, 4) is 5.75 Å². The molecule has 1 aromatic carbocycles. The van der Waals surface area contributed by atoms with Crippen molar-refractivity contribution >= 4 is 0 Å². The molecule has 144 valence electrons. The summed E-state index contributed by atoms with van der Waals surface area (Å²) in [4.78, 5) is 0. The third kappa shape index (κ3) is 8.79. The van der Waals surface area contributed by atoms with Gasteiger partial charge >= 0.3 is 0 Å². The molecule has 25 heavy (non-hydrogen) atoms. The highest BCUT2D eigenvalue weighted by Gasteiger charge is 2.11. The summed E-state index contributed by atoms with van der Waals surface area (Å²) in [5, 5.41) is 10.4. The number of aryl methyl sites for hydroxylation is 1. The average molecular weight is 347 g/mol. The van der Waals surface area contributed by atoms with Gasteiger partial charge in [-0.25, -0.2) is 0 Å². The van der Waals surface area contributed by atoms with E-state index in [1.807, 2.05) is 6.07 Å². The fraction of sp³-hybridized carbons (Fsp3) is 0.750. The van der Waals surface area contributed by atoms with Gasteiger partial charge in [0.1, 0.15) is 5.75 Å². The quantitative estimate of drug-likeness (QED) is 0.322. The Hall–Kier alpha value is -0.980. The van der Waals surface area contributed by atoms with E-state index in [4.69, 9.17) is 0 Å². The van der Waals surface area contributed by atoms with E-state index in [1.54, 1.807) is 0 Å². The van der Waals surface area contributed by atoms with Gasteiger partial charge < -0.3 is 5.11 Å². The number of phenols is 1. The van der Waals surface area contributed by atoms with Crippen molar-refractivity contribution in [2.75, 3.05) is 0 Å². The molecule has 0 amide bonds. The lowest BCUT2D eigenvalue weighted by molar-refractivity contribution is 0.463. The summed E-state index contributed by atoms with van der Waals surface area (Å²) in [5.74, 6) is 0.527. The van der Waals surface area contributed by atoms with Gasteiger partial charge in [-0.15, -0.1) is 0 Å². The zero-order valence-corrected chi connectivity index (χ0v) is 17.2. The van der Waals surface area contributed by atoms with Crippen LogP contribution in [0.1, 0.15) is 115 Å². The fourth-order valence-corrected chi connectivity index (χ4v) is 3.79. The minimum Gasteiger partial charge on any atom is -0.508 e. The molecule has 0 heterocycles. The molecule has 0 aliphatic carbocycles. The second-order valence-electron chi connectivity index (χ2n) is 7.59. The van der Waals surface area contributed by atoms with Crippen LogP contribution in [0.3, 0.4) is 0 Å². The van der Waals surface area contributed by atoms with Gasteiger partial charge in [-0.3, -0.25) is 0 Å². The molecule has 1 heteroatoms. The van der Waals surface area contributed by atoms with E-state index < -0.39 is 0 Å². The molecule has 1 N–H and O–H groups in total. The van der Waals surface area contributed by atoms with Crippen LogP contribution in [0.4, 0.5) is 0 Å². The number of phenolic OH excluding ortho intramolecular Hbond substituents is 1. The van der Waals surface area contributed by atoms with E-state index >= 15 is 0 Å². The zero-order chi connectivity index (χ0) is 18.3. The first-order valence-electron chi connectivity index (χ1n) is 11.1. The number of hydrogen-bond acceptors (Lipinski definition) is 1. The number of aromatic hydroxyl groups is 1. The van der Waals surface area contributed by atoms with Gasteiger partial charge in [0.15, 0.2) is 0 Å². The number of unbranched alkanes of at least 4 members (excludes halogenated alkanes) is 10. The first-order valence-corrected chi connectivity index (χ1v) is 11.1. The summed E-state index contributed by atoms with van der Waals surface area (Å²) < 4.78 is 0. The van der Waals surface area contributed by atoms with Crippen LogP contribution >= 0.6 is 0 Å². The van der Waals surface area contributed by atoms with Crippen molar-refractivity contribution in [1.82, 2.24) is 0 Å². The highest BCUT2D eigenvalue weighted by atomic mass is 16.3. The van der Waals surface area contributed by atoms with Gasteiger partial charge in [0.25, 0.3) is 0 Å². The molecule has 0 unspecified atom stereocenters. The molecule has 0 aliphatic heterocycles. The van der Waals surface area contributed by atoms with Gasteiger partial charge in [0.2, 0.25) is 0 Å². The predicted molar refractivity (Wildman–Crippen MR) is 112 cm³/mol. The maximum absolute atomic E-state index is 10.4. The van der Waals surface area contributed by atoms with Gasteiger partial charge in [0.05, 0.1) is 0 Å². The summed E-state index contributed by atoms with van der Waals surface area (Å²) in [6.07, 6.45) is 19.4. The molecule has 0 bridgehead atoms.